The Labute approximate surface area is 221 Å². The molecule has 0 bridgehead atoms. The molecule has 0 spiro atoms. The summed E-state index contributed by atoms with van der Waals surface area (Å²) in [6, 6.07) is 13.8. The second-order valence-electron chi connectivity index (χ2n) is 9.65. The molecule has 6 heteroatoms. The topological polar surface area (TPSA) is 55.8 Å². The van der Waals surface area contributed by atoms with Gasteiger partial charge in [0.15, 0.2) is 23.1 Å². The van der Waals surface area contributed by atoms with Gasteiger partial charge in [0.05, 0.1) is 7.11 Å². The van der Waals surface area contributed by atoms with E-state index in [2.05, 4.69) is 27.8 Å². The van der Waals surface area contributed by atoms with Gasteiger partial charge in [0, 0.05) is 57.9 Å². The molecule has 188 valence electrons. The highest BCUT2D eigenvalue weighted by Crippen LogP contribution is 2.50. The monoisotopic (exact) mass is 549 g/mol. The van der Waals surface area contributed by atoms with Gasteiger partial charge in [-0.15, -0.1) is 0 Å². The number of ether oxygens (including phenoxy) is 2. The predicted molar refractivity (Wildman–Crippen MR) is 143 cm³/mol. The van der Waals surface area contributed by atoms with E-state index in [0.29, 0.717) is 30.9 Å². The summed E-state index contributed by atoms with van der Waals surface area (Å²) >= 11 is 3.57. The van der Waals surface area contributed by atoms with Gasteiger partial charge in [0.25, 0.3) is 0 Å². The summed E-state index contributed by atoms with van der Waals surface area (Å²) in [6.45, 7) is 3.39. The van der Waals surface area contributed by atoms with Gasteiger partial charge < -0.3 is 14.4 Å². The van der Waals surface area contributed by atoms with E-state index in [0.717, 1.165) is 76.8 Å². The molecule has 5 nitrogen and oxygen atoms in total. The van der Waals surface area contributed by atoms with Crippen LogP contribution in [0, 0.1) is 0 Å². The number of nitrogens with zero attached hydrogens (tertiary/aromatic N) is 1. The Morgan fingerprint density at radius 1 is 0.917 bits per heavy atom. The minimum absolute atomic E-state index is 0.167. The molecule has 0 fully saturated rings. The number of methoxy groups -OCH3 is 1. The molecule has 5 rings (SSSR count). The number of carbonyl (C=O) groups excluding carboxylic acids is 2. The first-order valence-corrected chi connectivity index (χ1v) is 13.7. The minimum atomic E-state index is -0.338. The summed E-state index contributed by atoms with van der Waals surface area (Å²) in [7, 11) is 1.63. The van der Waals surface area contributed by atoms with Crippen LogP contribution in [0.5, 0.6) is 11.5 Å². The molecule has 0 saturated carbocycles. The number of hydrogen-bond acceptors (Lipinski definition) is 5. The molecule has 0 unspecified atom stereocenters. The van der Waals surface area contributed by atoms with Crippen LogP contribution in [0.25, 0.3) is 0 Å². The standard InChI is InChI=1S/C30H32BrNO4/c1-3-16-32-22-10-6-12-24(33)29(22)28(30-23(32)11-7-13-25(30)34)19-14-15-26(27(17-19)35-2)36-18-20-8-4-5-9-21(20)31/h4-5,8-9,14-15,17,28H,3,6-7,10-13,16,18H2,1-2H3. The van der Waals surface area contributed by atoms with E-state index in [1.54, 1.807) is 7.11 Å². The number of halogens is 1. The molecular formula is C30H32BrNO4. The van der Waals surface area contributed by atoms with Crippen LogP contribution in [0.2, 0.25) is 0 Å². The largest absolute Gasteiger partial charge is 0.493 e. The Bertz CT molecular complexity index is 1220. The maximum absolute atomic E-state index is 13.4. The first-order valence-electron chi connectivity index (χ1n) is 12.9. The van der Waals surface area contributed by atoms with Crippen LogP contribution >= 0.6 is 15.9 Å². The SMILES string of the molecule is CCCN1C2=C(C(=O)CCC2)C(c2ccc(OCc3ccccc3Br)c(OC)c2)C2=C1CCCC2=O. The number of allylic oxidation sites excluding steroid dienone is 4. The molecule has 0 aromatic heterocycles. The smallest absolute Gasteiger partial charge is 0.161 e. The van der Waals surface area contributed by atoms with Gasteiger partial charge in [0.1, 0.15) is 6.61 Å². The zero-order chi connectivity index (χ0) is 25.2. The van der Waals surface area contributed by atoms with Crippen molar-refractivity contribution in [1.29, 1.82) is 0 Å². The van der Waals surface area contributed by atoms with Crippen molar-refractivity contribution in [2.75, 3.05) is 13.7 Å². The first kappa shape index (κ1) is 24.8. The lowest BCUT2D eigenvalue weighted by Crippen LogP contribution is -2.39. The quantitative estimate of drug-likeness (QED) is 0.377. The van der Waals surface area contributed by atoms with Crippen molar-refractivity contribution >= 4 is 27.5 Å². The normalized spacial score (nSPS) is 18.4. The van der Waals surface area contributed by atoms with Crippen molar-refractivity contribution in [3.63, 3.8) is 0 Å². The lowest BCUT2D eigenvalue weighted by molar-refractivity contribution is -0.117. The Balaban J connectivity index is 1.56. The van der Waals surface area contributed by atoms with Gasteiger partial charge in [-0.2, -0.15) is 0 Å². The zero-order valence-corrected chi connectivity index (χ0v) is 22.5. The minimum Gasteiger partial charge on any atom is -0.493 e. The van der Waals surface area contributed by atoms with Gasteiger partial charge >= 0.3 is 0 Å². The Morgan fingerprint density at radius 2 is 1.58 bits per heavy atom. The highest BCUT2D eigenvalue weighted by atomic mass is 79.9. The summed E-state index contributed by atoms with van der Waals surface area (Å²) in [5, 5.41) is 0. The highest BCUT2D eigenvalue weighted by molar-refractivity contribution is 9.10. The average Bonchev–Trinajstić information content (AvgIpc) is 2.89. The van der Waals surface area contributed by atoms with E-state index in [4.69, 9.17) is 9.47 Å². The van der Waals surface area contributed by atoms with Gasteiger partial charge in [-0.3, -0.25) is 9.59 Å². The number of rotatable bonds is 7. The fourth-order valence-corrected chi connectivity index (χ4v) is 6.20. The van der Waals surface area contributed by atoms with Crippen LogP contribution in [0.15, 0.2) is 69.5 Å². The molecule has 0 radical (unpaired) electrons. The summed E-state index contributed by atoms with van der Waals surface area (Å²) in [5.74, 6) is 1.23. The molecule has 2 aromatic carbocycles. The Kier molecular flexibility index (Phi) is 7.33. The molecule has 36 heavy (non-hydrogen) atoms. The number of ketones is 2. The van der Waals surface area contributed by atoms with E-state index >= 15 is 0 Å². The molecule has 0 saturated heterocycles. The van der Waals surface area contributed by atoms with Gasteiger partial charge in [-0.25, -0.2) is 0 Å². The zero-order valence-electron chi connectivity index (χ0n) is 20.9. The fraction of sp³-hybridized carbons (Fsp3) is 0.400. The summed E-state index contributed by atoms with van der Waals surface area (Å²) in [6.07, 6.45) is 5.54. The maximum Gasteiger partial charge on any atom is 0.161 e. The second kappa shape index (κ2) is 10.6. The fourth-order valence-electron chi connectivity index (χ4n) is 5.80. The van der Waals surface area contributed by atoms with Crippen LogP contribution < -0.4 is 9.47 Å². The third kappa shape index (κ3) is 4.52. The molecule has 0 atom stereocenters. The van der Waals surface area contributed by atoms with E-state index in [1.165, 1.54) is 0 Å². The average molecular weight is 550 g/mol. The lowest BCUT2D eigenvalue weighted by Gasteiger charge is -2.44. The third-order valence-electron chi connectivity index (χ3n) is 7.40. The third-order valence-corrected chi connectivity index (χ3v) is 8.17. The molecule has 2 aromatic rings. The summed E-state index contributed by atoms with van der Waals surface area (Å²) in [5.41, 5.74) is 5.83. The Morgan fingerprint density at radius 3 is 2.19 bits per heavy atom. The van der Waals surface area contributed by atoms with Gasteiger partial charge in [-0.1, -0.05) is 47.1 Å². The van der Waals surface area contributed by atoms with Crippen molar-refractivity contribution < 1.29 is 19.1 Å². The van der Waals surface area contributed by atoms with Crippen LogP contribution in [-0.2, 0) is 16.2 Å². The predicted octanol–water partition coefficient (Wildman–Crippen LogP) is 6.86. The van der Waals surface area contributed by atoms with E-state index in [1.807, 2.05) is 42.5 Å². The number of benzene rings is 2. The number of carbonyl (C=O) groups is 2. The van der Waals surface area contributed by atoms with Crippen molar-refractivity contribution in [2.45, 2.75) is 64.4 Å². The van der Waals surface area contributed by atoms with E-state index < -0.39 is 0 Å². The van der Waals surface area contributed by atoms with Gasteiger partial charge in [-0.05, 0) is 55.9 Å². The molecular weight excluding hydrogens is 518 g/mol. The Hall–Kier alpha value is -2.86. The molecule has 2 aliphatic carbocycles. The van der Waals surface area contributed by atoms with Crippen molar-refractivity contribution in [3.8, 4) is 11.5 Å². The molecule has 0 amide bonds. The summed E-state index contributed by atoms with van der Waals surface area (Å²) in [4.78, 5) is 29.1. The number of hydrogen-bond donors (Lipinski definition) is 0. The number of Topliss-reactive ketones (excluding diaryl/α,β-unsaturated/α-hetero) is 2. The van der Waals surface area contributed by atoms with Crippen molar-refractivity contribution in [1.82, 2.24) is 4.90 Å². The van der Waals surface area contributed by atoms with Crippen LogP contribution in [0.1, 0.15) is 68.9 Å². The van der Waals surface area contributed by atoms with E-state index in [-0.39, 0.29) is 17.5 Å². The molecule has 0 N–H and O–H groups in total. The molecule has 1 heterocycles. The second-order valence-corrected chi connectivity index (χ2v) is 10.5. The highest BCUT2D eigenvalue weighted by Gasteiger charge is 2.43. The lowest BCUT2D eigenvalue weighted by atomic mass is 9.71. The van der Waals surface area contributed by atoms with E-state index in [9.17, 15) is 9.59 Å². The van der Waals surface area contributed by atoms with Crippen LogP contribution in [-0.4, -0.2) is 30.1 Å². The van der Waals surface area contributed by atoms with Gasteiger partial charge in [0.2, 0.25) is 0 Å². The molecule has 3 aliphatic rings. The maximum atomic E-state index is 13.4. The summed E-state index contributed by atoms with van der Waals surface area (Å²) < 4.78 is 12.8. The first-order chi connectivity index (χ1) is 17.5. The van der Waals surface area contributed by atoms with Crippen molar-refractivity contribution in [3.05, 3.63) is 80.6 Å². The molecule has 1 aliphatic heterocycles. The van der Waals surface area contributed by atoms with Crippen molar-refractivity contribution in [2.24, 2.45) is 0 Å². The van der Waals surface area contributed by atoms with Crippen LogP contribution in [0.3, 0.4) is 0 Å². The van der Waals surface area contributed by atoms with Crippen LogP contribution in [0.4, 0.5) is 0 Å².